The number of anilines is 1. The largest absolute Gasteiger partial charge is 0.373 e. The molecule has 2 aromatic rings. The number of likely N-dealkylation sites (N-methyl/N-ethyl adjacent to an activating group) is 1. The minimum atomic E-state index is -0.454. The maximum absolute atomic E-state index is 11.9. The lowest BCUT2D eigenvalue weighted by molar-refractivity contribution is -0.136. The topological polar surface area (TPSA) is 49.4 Å². The Morgan fingerprint density at radius 2 is 1.57 bits per heavy atom. The van der Waals surface area contributed by atoms with Crippen molar-refractivity contribution in [3.8, 4) is 11.1 Å². The van der Waals surface area contributed by atoms with E-state index < -0.39 is 6.04 Å². The first-order valence-corrected chi connectivity index (χ1v) is 6.87. The summed E-state index contributed by atoms with van der Waals surface area (Å²) < 4.78 is 0. The summed E-state index contributed by atoms with van der Waals surface area (Å²) in [6.07, 6.45) is 0.218. The highest BCUT2D eigenvalue weighted by molar-refractivity contribution is 6.06. The van der Waals surface area contributed by atoms with Gasteiger partial charge in [0.15, 0.2) is 0 Å². The molecule has 1 heterocycles. The molecular formula is C17H16N2O2. The zero-order chi connectivity index (χ0) is 14.8. The molecule has 1 fully saturated rings. The van der Waals surface area contributed by atoms with E-state index in [2.05, 4.69) is 17.4 Å². The molecule has 0 aliphatic carbocycles. The van der Waals surface area contributed by atoms with Crippen molar-refractivity contribution in [2.45, 2.75) is 12.5 Å². The lowest BCUT2D eigenvalue weighted by atomic mass is 10.1. The van der Waals surface area contributed by atoms with Gasteiger partial charge in [0.2, 0.25) is 5.91 Å². The summed E-state index contributed by atoms with van der Waals surface area (Å²) in [5.74, 6) is -0.314. The van der Waals surface area contributed by atoms with Crippen molar-refractivity contribution in [1.29, 1.82) is 0 Å². The fourth-order valence-electron chi connectivity index (χ4n) is 2.46. The van der Waals surface area contributed by atoms with Crippen molar-refractivity contribution >= 4 is 17.5 Å². The molecule has 1 atom stereocenters. The van der Waals surface area contributed by atoms with Gasteiger partial charge in [-0.15, -0.1) is 0 Å². The standard InChI is InChI=1S/C17H16N2O2/c1-19-16(20)11-15(17(19)21)18-14-9-7-13(8-10-14)12-5-3-2-4-6-12/h2-10,15,18H,11H2,1H3. The SMILES string of the molecule is CN1C(=O)CC(Nc2ccc(-c3ccccc3)cc2)C1=O. The van der Waals surface area contributed by atoms with Crippen molar-refractivity contribution in [2.75, 3.05) is 12.4 Å². The number of likely N-dealkylation sites (tertiary alicyclic amines) is 1. The van der Waals surface area contributed by atoms with Gasteiger partial charge in [-0.05, 0) is 23.3 Å². The highest BCUT2D eigenvalue weighted by Gasteiger charge is 2.35. The van der Waals surface area contributed by atoms with Gasteiger partial charge < -0.3 is 5.32 Å². The summed E-state index contributed by atoms with van der Waals surface area (Å²) in [5, 5.41) is 3.12. The van der Waals surface area contributed by atoms with E-state index in [0.717, 1.165) is 16.8 Å². The number of imide groups is 1. The van der Waals surface area contributed by atoms with Crippen molar-refractivity contribution in [2.24, 2.45) is 0 Å². The monoisotopic (exact) mass is 280 g/mol. The number of nitrogens with one attached hydrogen (secondary N) is 1. The molecule has 1 aliphatic heterocycles. The molecule has 0 aromatic heterocycles. The Morgan fingerprint density at radius 3 is 2.14 bits per heavy atom. The Morgan fingerprint density at radius 1 is 0.952 bits per heavy atom. The Balaban J connectivity index is 1.74. The van der Waals surface area contributed by atoms with E-state index in [1.165, 1.54) is 11.9 Å². The van der Waals surface area contributed by atoms with Gasteiger partial charge >= 0.3 is 0 Å². The molecule has 1 N–H and O–H groups in total. The molecule has 4 heteroatoms. The molecule has 4 nitrogen and oxygen atoms in total. The van der Waals surface area contributed by atoms with Crippen LogP contribution < -0.4 is 5.32 Å². The Kier molecular flexibility index (Phi) is 3.44. The lowest BCUT2D eigenvalue weighted by Gasteiger charge is -2.12. The third-order valence-electron chi connectivity index (χ3n) is 3.71. The van der Waals surface area contributed by atoms with Crippen LogP contribution in [0.2, 0.25) is 0 Å². The maximum Gasteiger partial charge on any atom is 0.251 e. The minimum Gasteiger partial charge on any atom is -0.373 e. The molecule has 3 rings (SSSR count). The quantitative estimate of drug-likeness (QED) is 0.879. The number of hydrogen-bond acceptors (Lipinski definition) is 3. The van der Waals surface area contributed by atoms with E-state index in [4.69, 9.17) is 0 Å². The third-order valence-corrected chi connectivity index (χ3v) is 3.71. The van der Waals surface area contributed by atoms with Gasteiger partial charge in [-0.2, -0.15) is 0 Å². The van der Waals surface area contributed by atoms with E-state index in [1.807, 2.05) is 42.5 Å². The molecule has 2 amide bonds. The number of benzene rings is 2. The number of rotatable bonds is 3. The minimum absolute atomic E-state index is 0.140. The molecule has 0 radical (unpaired) electrons. The summed E-state index contributed by atoms with van der Waals surface area (Å²) in [5.41, 5.74) is 3.11. The van der Waals surface area contributed by atoms with Crippen LogP contribution in [0, 0.1) is 0 Å². The van der Waals surface area contributed by atoms with E-state index in [-0.39, 0.29) is 18.2 Å². The van der Waals surface area contributed by atoms with Crippen LogP contribution in [0.25, 0.3) is 11.1 Å². The summed E-state index contributed by atoms with van der Waals surface area (Å²) >= 11 is 0. The highest BCUT2D eigenvalue weighted by Crippen LogP contribution is 2.22. The van der Waals surface area contributed by atoms with E-state index in [0.29, 0.717) is 0 Å². The van der Waals surface area contributed by atoms with E-state index in [9.17, 15) is 9.59 Å². The van der Waals surface area contributed by atoms with Crippen LogP contribution >= 0.6 is 0 Å². The first-order valence-electron chi connectivity index (χ1n) is 6.87. The predicted molar refractivity (Wildman–Crippen MR) is 81.7 cm³/mol. The second kappa shape index (κ2) is 5.40. The molecule has 2 aromatic carbocycles. The number of nitrogens with zero attached hydrogens (tertiary/aromatic N) is 1. The second-order valence-electron chi connectivity index (χ2n) is 5.14. The normalized spacial score (nSPS) is 18.1. The summed E-state index contributed by atoms with van der Waals surface area (Å²) in [6.45, 7) is 0. The zero-order valence-corrected chi connectivity index (χ0v) is 11.7. The first-order chi connectivity index (χ1) is 10.1. The van der Waals surface area contributed by atoms with Crippen LogP contribution in [0.3, 0.4) is 0 Å². The molecule has 1 aliphatic rings. The third kappa shape index (κ3) is 2.65. The lowest BCUT2D eigenvalue weighted by Crippen LogP contribution is -2.31. The van der Waals surface area contributed by atoms with Crippen LogP contribution in [-0.4, -0.2) is 29.8 Å². The highest BCUT2D eigenvalue weighted by atomic mass is 16.2. The number of carbonyl (C=O) groups is 2. The van der Waals surface area contributed by atoms with Gasteiger partial charge in [-0.1, -0.05) is 42.5 Å². The Hall–Kier alpha value is -2.62. The van der Waals surface area contributed by atoms with Crippen LogP contribution in [0.4, 0.5) is 5.69 Å². The number of amides is 2. The molecule has 21 heavy (non-hydrogen) atoms. The molecule has 0 bridgehead atoms. The van der Waals surface area contributed by atoms with Crippen molar-refractivity contribution in [3.63, 3.8) is 0 Å². The molecule has 1 unspecified atom stereocenters. The summed E-state index contributed by atoms with van der Waals surface area (Å²) in [6, 6.07) is 17.5. The summed E-state index contributed by atoms with van der Waals surface area (Å²) in [7, 11) is 1.52. The van der Waals surface area contributed by atoms with Crippen LogP contribution in [-0.2, 0) is 9.59 Å². The first kappa shape index (κ1) is 13.4. The summed E-state index contributed by atoms with van der Waals surface area (Å²) in [4.78, 5) is 24.5. The number of carbonyl (C=O) groups excluding carboxylic acids is 2. The van der Waals surface area contributed by atoms with E-state index >= 15 is 0 Å². The Bertz CT molecular complexity index is 665. The number of hydrogen-bond donors (Lipinski definition) is 1. The van der Waals surface area contributed by atoms with Gasteiger partial charge in [-0.25, -0.2) is 0 Å². The molecule has 1 saturated heterocycles. The molecule has 0 spiro atoms. The fourth-order valence-corrected chi connectivity index (χ4v) is 2.46. The molecular weight excluding hydrogens is 264 g/mol. The Labute approximate surface area is 123 Å². The van der Waals surface area contributed by atoms with Crippen LogP contribution in [0.5, 0.6) is 0 Å². The molecule has 106 valence electrons. The average Bonchev–Trinajstić information content (AvgIpc) is 2.76. The van der Waals surface area contributed by atoms with Gasteiger partial charge in [-0.3, -0.25) is 14.5 Å². The predicted octanol–water partition coefficient (Wildman–Crippen LogP) is 2.52. The van der Waals surface area contributed by atoms with Crippen molar-refractivity contribution in [1.82, 2.24) is 4.90 Å². The van der Waals surface area contributed by atoms with Crippen LogP contribution in [0.1, 0.15) is 6.42 Å². The smallest absolute Gasteiger partial charge is 0.251 e. The zero-order valence-electron chi connectivity index (χ0n) is 11.7. The van der Waals surface area contributed by atoms with Gasteiger partial charge in [0.25, 0.3) is 5.91 Å². The average molecular weight is 280 g/mol. The van der Waals surface area contributed by atoms with Gasteiger partial charge in [0.1, 0.15) is 6.04 Å². The van der Waals surface area contributed by atoms with E-state index in [1.54, 1.807) is 0 Å². The molecule has 0 saturated carbocycles. The second-order valence-corrected chi connectivity index (χ2v) is 5.14. The van der Waals surface area contributed by atoms with Crippen molar-refractivity contribution < 1.29 is 9.59 Å². The maximum atomic E-state index is 11.9. The van der Waals surface area contributed by atoms with Crippen molar-refractivity contribution in [3.05, 3.63) is 54.6 Å². The van der Waals surface area contributed by atoms with Crippen LogP contribution in [0.15, 0.2) is 54.6 Å². The fraction of sp³-hybridized carbons (Fsp3) is 0.176. The van der Waals surface area contributed by atoms with Gasteiger partial charge in [0, 0.05) is 12.7 Å². The van der Waals surface area contributed by atoms with Gasteiger partial charge in [0.05, 0.1) is 6.42 Å².